The van der Waals surface area contributed by atoms with Crippen molar-refractivity contribution in [3.63, 3.8) is 0 Å². The maximum absolute atomic E-state index is 11.7. The van der Waals surface area contributed by atoms with Gasteiger partial charge in [0.15, 0.2) is 0 Å². The molecule has 0 unspecified atom stereocenters. The summed E-state index contributed by atoms with van der Waals surface area (Å²) in [4.78, 5) is 33.4. The van der Waals surface area contributed by atoms with Crippen molar-refractivity contribution in [3.05, 3.63) is 28.2 Å². The first-order chi connectivity index (χ1) is 10.5. The van der Waals surface area contributed by atoms with Gasteiger partial charge in [-0.2, -0.15) is 4.98 Å². The van der Waals surface area contributed by atoms with E-state index in [1.807, 2.05) is 0 Å². The van der Waals surface area contributed by atoms with Gasteiger partial charge < -0.3 is 20.5 Å². The number of aromatic nitrogens is 3. The minimum atomic E-state index is -1.29. The van der Waals surface area contributed by atoms with Crippen molar-refractivity contribution >= 4 is 23.0 Å². The number of fused-ring (bicyclic) bond motifs is 1. The Morgan fingerprint density at radius 3 is 2.73 bits per heavy atom. The van der Waals surface area contributed by atoms with Gasteiger partial charge in [0.05, 0.1) is 6.10 Å². The summed E-state index contributed by atoms with van der Waals surface area (Å²) in [5, 5.41) is 22.1. The van der Waals surface area contributed by atoms with Crippen molar-refractivity contribution in [1.82, 2.24) is 15.0 Å². The number of rotatable bonds is 3. The first-order valence-electron chi connectivity index (χ1n) is 7.11. The lowest BCUT2D eigenvalue weighted by Gasteiger charge is -2.26. The minimum absolute atomic E-state index is 0.186. The van der Waals surface area contributed by atoms with Gasteiger partial charge >= 0.3 is 5.97 Å². The van der Waals surface area contributed by atoms with Crippen LogP contribution in [-0.4, -0.2) is 43.3 Å². The molecular formula is C14H16N4O4. The van der Waals surface area contributed by atoms with E-state index in [0.29, 0.717) is 17.0 Å². The van der Waals surface area contributed by atoms with Gasteiger partial charge in [-0.1, -0.05) is 0 Å². The average molecular weight is 304 g/mol. The Morgan fingerprint density at radius 1 is 1.32 bits per heavy atom. The predicted octanol–water partition coefficient (Wildman–Crippen LogP) is 0.732. The molecule has 0 bridgehead atoms. The normalized spacial score (nSPS) is 21.7. The summed E-state index contributed by atoms with van der Waals surface area (Å²) >= 11 is 0. The molecular weight excluding hydrogens is 288 g/mol. The highest BCUT2D eigenvalue weighted by atomic mass is 16.4. The number of hydrogen-bond acceptors (Lipinski definition) is 6. The lowest BCUT2D eigenvalue weighted by atomic mass is 9.93. The third-order valence-corrected chi connectivity index (χ3v) is 3.85. The third-order valence-electron chi connectivity index (χ3n) is 3.85. The molecule has 2 aromatic rings. The molecule has 8 heteroatoms. The molecule has 0 amide bonds. The van der Waals surface area contributed by atoms with Crippen molar-refractivity contribution in [2.24, 2.45) is 0 Å². The molecule has 0 aliphatic heterocycles. The maximum atomic E-state index is 11.7. The van der Waals surface area contributed by atoms with Crippen LogP contribution in [0.25, 0.3) is 11.0 Å². The van der Waals surface area contributed by atoms with Gasteiger partial charge in [0.2, 0.25) is 5.95 Å². The molecule has 22 heavy (non-hydrogen) atoms. The van der Waals surface area contributed by atoms with Gasteiger partial charge in [0.25, 0.3) is 5.56 Å². The molecule has 1 aliphatic carbocycles. The number of aliphatic hydroxyl groups excluding tert-OH is 1. The SMILES string of the molecule is O=C(O)c1cc2cnc(NC3CCC(O)CC3)nc2[nH]c1=O. The molecule has 1 saturated carbocycles. The van der Waals surface area contributed by atoms with Crippen LogP contribution < -0.4 is 10.9 Å². The fraction of sp³-hybridized carbons (Fsp3) is 0.429. The predicted molar refractivity (Wildman–Crippen MR) is 79.0 cm³/mol. The van der Waals surface area contributed by atoms with E-state index in [-0.39, 0.29) is 17.7 Å². The fourth-order valence-electron chi connectivity index (χ4n) is 2.62. The molecule has 0 aromatic carbocycles. The van der Waals surface area contributed by atoms with Gasteiger partial charge in [-0.15, -0.1) is 0 Å². The van der Waals surface area contributed by atoms with E-state index >= 15 is 0 Å². The number of aromatic amines is 1. The minimum Gasteiger partial charge on any atom is -0.477 e. The number of hydrogen-bond donors (Lipinski definition) is 4. The number of carboxylic acid groups (broad SMARTS) is 1. The van der Waals surface area contributed by atoms with Crippen LogP contribution in [0, 0.1) is 0 Å². The summed E-state index contributed by atoms with van der Waals surface area (Å²) in [6, 6.07) is 1.45. The summed E-state index contributed by atoms with van der Waals surface area (Å²) in [5.41, 5.74) is -0.730. The highest BCUT2D eigenvalue weighted by molar-refractivity contribution is 5.91. The van der Waals surface area contributed by atoms with Crippen molar-refractivity contribution in [3.8, 4) is 0 Å². The number of nitrogens with one attached hydrogen (secondary N) is 2. The second-order valence-electron chi connectivity index (χ2n) is 5.46. The highest BCUT2D eigenvalue weighted by Gasteiger charge is 2.20. The lowest BCUT2D eigenvalue weighted by molar-refractivity contribution is 0.0695. The first-order valence-corrected chi connectivity index (χ1v) is 7.11. The van der Waals surface area contributed by atoms with Gasteiger partial charge in [0.1, 0.15) is 11.2 Å². The van der Waals surface area contributed by atoms with Gasteiger partial charge in [0, 0.05) is 17.6 Å². The smallest absolute Gasteiger partial charge is 0.341 e. The van der Waals surface area contributed by atoms with Crippen LogP contribution in [0.15, 0.2) is 17.1 Å². The quantitative estimate of drug-likeness (QED) is 0.658. The van der Waals surface area contributed by atoms with E-state index in [4.69, 9.17) is 5.11 Å². The monoisotopic (exact) mass is 304 g/mol. The largest absolute Gasteiger partial charge is 0.477 e. The van der Waals surface area contributed by atoms with E-state index in [2.05, 4.69) is 20.3 Å². The van der Waals surface area contributed by atoms with Gasteiger partial charge in [-0.05, 0) is 31.7 Å². The van der Waals surface area contributed by atoms with Gasteiger partial charge in [-0.25, -0.2) is 9.78 Å². The first kappa shape index (κ1) is 14.5. The summed E-state index contributed by atoms with van der Waals surface area (Å²) in [6.45, 7) is 0. The number of carboxylic acids is 1. The Morgan fingerprint density at radius 2 is 2.05 bits per heavy atom. The molecule has 4 N–H and O–H groups in total. The summed E-state index contributed by atoms with van der Waals surface area (Å²) < 4.78 is 0. The van der Waals surface area contributed by atoms with Crippen LogP contribution >= 0.6 is 0 Å². The number of anilines is 1. The number of pyridine rings is 1. The second kappa shape index (κ2) is 5.72. The Balaban J connectivity index is 1.85. The zero-order chi connectivity index (χ0) is 15.7. The topological polar surface area (TPSA) is 128 Å². The maximum Gasteiger partial charge on any atom is 0.341 e. The van der Waals surface area contributed by atoms with Crippen LogP contribution in [0.5, 0.6) is 0 Å². The van der Waals surface area contributed by atoms with E-state index in [0.717, 1.165) is 25.7 Å². The number of H-pyrrole nitrogens is 1. The number of aliphatic hydroxyl groups is 1. The lowest BCUT2D eigenvalue weighted by Crippen LogP contribution is -2.29. The van der Waals surface area contributed by atoms with Crippen LogP contribution in [0.4, 0.5) is 5.95 Å². The highest BCUT2D eigenvalue weighted by Crippen LogP contribution is 2.21. The Hall–Kier alpha value is -2.48. The number of aromatic carboxylic acids is 1. The standard InChI is InChI=1S/C14H16N4O4/c19-9-3-1-8(2-4-9)16-14-15-6-7-5-10(13(21)22)12(20)17-11(7)18-14/h5-6,8-9,19H,1-4H2,(H,21,22)(H2,15,16,17,18,20). The third kappa shape index (κ3) is 2.91. The Labute approximate surface area is 125 Å². The van der Waals surface area contributed by atoms with Crippen molar-refractivity contribution in [2.75, 3.05) is 5.32 Å². The fourth-order valence-corrected chi connectivity index (χ4v) is 2.62. The van der Waals surface area contributed by atoms with Crippen LogP contribution in [0.2, 0.25) is 0 Å². The molecule has 1 fully saturated rings. The summed E-state index contributed by atoms with van der Waals surface area (Å²) in [7, 11) is 0. The molecule has 8 nitrogen and oxygen atoms in total. The molecule has 0 radical (unpaired) electrons. The summed E-state index contributed by atoms with van der Waals surface area (Å²) in [5.74, 6) is -0.904. The molecule has 0 saturated heterocycles. The Kier molecular flexibility index (Phi) is 3.76. The van der Waals surface area contributed by atoms with E-state index in [1.54, 1.807) is 0 Å². The number of carbonyl (C=O) groups is 1. The molecule has 2 aromatic heterocycles. The zero-order valence-electron chi connectivity index (χ0n) is 11.7. The molecule has 3 rings (SSSR count). The molecule has 1 aliphatic rings. The van der Waals surface area contributed by atoms with E-state index in [1.165, 1.54) is 12.3 Å². The molecule has 116 valence electrons. The average Bonchev–Trinajstić information content (AvgIpc) is 2.48. The van der Waals surface area contributed by atoms with Crippen LogP contribution in [0.1, 0.15) is 36.0 Å². The molecule has 0 atom stereocenters. The number of nitrogens with zero attached hydrogens (tertiary/aromatic N) is 2. The van der Waals surface area contributed by atoms with Gasteiger partial charge in [-0.3, -0.25) is 4.79 Å². The molecule has 2 heterocycles. The van der Waals surface area contributed by atoms with E-state index in [9.17, 15) is 14.7 Å². The van der Waals surface area contributed by atoms with E-state index < -0.39 is 11.5 Å². The van der Waals surface area contributed by atoms with Crippen molar-refractivity contribution < 1.29 is 15.0 Å². The zero-order valence-corrected chi connectivity index (χ0v) is 11.7. The van der Waals surface area contributed by atoms with Crippen molar-refractivity contribution in [2.45, 2.75) is 37.8 Å². The Bertz CT molecular complexity index is 765. The summed E-state index contributed by atoms with van der Waals surface area (Å²) in [6.07, 6.45) is 4.38. The second-order valence-corrected chi connectivity index (χ2v) is 5.46. The molecule has 0 spiro atoms. The van der Waals surface area contributed by atoms with Crippen LogP contribution in [0.3, 0.4) is 0 Å². The van der Waals surface area contributed by atoms with Crippen LogP contribution in [-0.2, 0) is 0 Å². The van der Waals surface area contributed by atoms with Crippen molar-refractivity contribution in [1.29, 1.82) is 0 Å².